The quantitative estimate of drug-likeness (QED) is 0.569. The number of benzene rings is 2. The van der Waals surface area contributed by atoms with E-state index < -0.39 is 0 Å². The maximum atomic E-state index is 12.7. The first-order valence-electron chi connectivity index (χ1n) is 7.21. The number of hydrogen-bond donors (Lipinski definition) is 0. The molecule has 122 valence electrons. The molecule has 0 aromatic heterocycles. The Labute approximate surface area is 155 Å². The maximum Gasteiger partial charge on any atom is 0.266 e. The third kappa shape index (κ3) is 3.64. The van der Waals surface area contributed by atoms with Gasteiger partial charge in [0.25, 0.3) is 5.91 Å². The van der Waals surface area contributed by atoms with E-state index in [-0.39, 0.29) is 5.91 Å². The average molecular weight is 376 g/mol. The van der Waals surface area contributed by atoms with E-state index in [1.165, 1.54) is 11.8 Å². The van der Waals surface area contributed by atoms with Crippen LogP contribution < -0.4 is 4.74 Å². The van der Waals surface area contributed by atoms with Crippen molar-refractivity contribution in [1.29, 1.82) is 0 Å². The Bertz CT molecular complexity index is 821. The zero-order chi connectivity index (χ0) is 17.1. The van der Waals surface area contributed by atoms with Gasteiger partial charge in [0.2, 0.25) is 0 Å². The average Bonchev–Trinajstić information content (AvgIpc) is 2.84. The molecule has 0 aliphatic carbocycles. The summed E-state index contributed by atoms with van der Waals surface area (Å²) in [5, 5.41) is 0.585. The Morgan fingerprint density at radius 1 is 1.25 bits per heavy atom. The number of methoxy groups -OCH3 is 1. The summed E-state index contributed by atoms with van der Waals surface area (Å²) in [5.41, 5.74) is 1.79. The van der Waals surface area contributed by atoms with Gasteiger partial charge in [-0.2, -0.15) is 0 Å². The standard InChI is InChI=1S/C18H14ClNO2S2/c1-22-15-8-7-14(19)9-13(15)10-16-17(21)20(18(23)24-16)11-12-5-3-2-4-6-12/h2-10H,11H2,1H3/b16-10-. The largest absolute Gasteiger partial charge is 0.496 e. The molecule has 1 amide bonds. The molecule has 1 aliphatic heterocycles. The fourth-order valence-electron chi connectivity index (χ4n) is 2.36. The van der Waals surface area contributed by atoms with Gasteiger partial charge in [-0.3, -0.25) is 9.69 Å². The third-order valence-corrected chi connectivity index (χ3v) is 5.15. The molecule has 3 rings (SSSR count). The summed E-state index contributed by atoms with van der Waals surface area (Å²) in [6.07, 6.45) is 1.77. The van der Waals surface area contributed by atoms with Crippen LogP contribution in [0.2, 0.25) is 5.02 Å². The van der Waals surface area contributed by atoms with Crippen molar-refractivity contribution in [3.63, 3.8) is 0 Å². The van der Waals surface area contributed by atoms with Gasteiger partial charge in [-0.05, 0) is 29.8 Å². The molecule has 0 spiro atoms. The molecule has 0 N–H and O–H groups in total. The molecule has 0 radical (unpaired) electrons. The number of carbonyl (C=O) groups is 1. The molecule has 0 saturated carbocycles. The molecule has 24 heavy (non-hydrogen) atoms. The number of ether oxygens (including phenoxy) is 1. The first-order chi connectivity index (χ1) is 11.6. The predicted octanol–water partition coefficient (Wildman–Crippen LogP) is 4.75. The summed E-state index contributed by atoms with van der Waals surface area (Å²) < 4.78 is 5.88. The van der Waals surface area contributed by atoms with Crippen molar-refractivity contribution in [2.24, 2.45) is 0 Å². The third-order valence-electron chi connectivity index (χ3n) is 3.54. The normalized spacial score (nSPS) is 16.1. The van der Waals surface area contributed by atoms with Crippen LogP contribution in [0.5, 0.6) is 5.75 Å². The fourth-order valence-corrected chi connectivity index (χ4v) is 3.79. The van der Waals surface area contributed by atoms with Crippen molar-refractivity contribution in [1.82, 2.24) is 4.90 Å². The van der Waals surface area contributed by atoms with Crippen LogP contribution in [0.1, 0.15) is 11.1 Å². The van der Waals surface area contributed by atoms with E-state index in [2.05, 4.69) is 0 Å². The van der Waals surface area contributed by atoms with Crippen LogP contribution in [0.4, 0.5) is 0 Å². The van der Waals surface area contributed by atoms with Crippen molar-refractivity contribution >= 4 is 51.9 Å². The summed E-state index contributed by atoms with van der Waals surface area (Å²) in [6.45, 7) is 0.468. The number of halogens is 1. The monoisotopic (exact) mass is 375 g/mol. The van der Waals surface area contributed by atoms with E-state index >= 15 is 0 Å². The Balaban J connectivity index is 1.87. The van der Waals surface area contributed by atoms with Gasteiger partial charge in [0.1, 0.15) is 10.1 Å². The molecule has 2 aromatic rings. The summed E-state index contributed by atoms with van der Waals surface area (Å²) in [6, 6.07) is 15.1. The molecule has 3 nitrogen and oxygen atoms in total. The molecule has 1 heterocycles. The Hall–Kier alpha value is -1.82. The minimum Gasteiger partial charge on any atom is -0.496 e. The summed E-state index contributed by atoms with van der Waals surface area (Å²) in [5.74, 6) is 0.559. The van der Waals surface area contributed by atoms with Crippen molar-refractivity contribution in [2.75, 3.05) is 7.11 Å². The van der Waals surface area contributed by atoms with Crippen LogP contribution >= 0.6 is 35.6 Å². The smallest absolute Gasteiger partial charge is 0.266 e. The Morgan fingerprint density at radius 3 is 2.71 bits per heavy atom. The number of thiocarbonyl (C=S) groups is 1. The van der Waals surface area contributed by atoms with Gasteiger partial charge >= 0.3 is 0 Å². The number of thioether (sulfide) groups is 1. The minimum atomic E-state index is -0.101. The predicted molar refractivity (Wildman–Crippen MR) is 103 cm³/mol. The molecular weight excluding hydrogens is 362 g/mol. The highest BCUT2D eigenvalue weighted by Crippen LogP contribution is 2.35. The zero-order valence-corrected chi connectivity index (χ0v) is 15.3. The molecule has 1 saturated heterocycles. The van der Waals surface area contributed by atoms with E-state index in [1.807, 2.05) is 30.3 Å². The molecule has 0 atom stereocenters. The summed E-state index contributed by atoms with van der Waals surface area (Å²) in [4.78, 5) is 14.9. The van der Waals surface area contributed by atoms with Crippen LogP contribution in [0.3, 0.4) is 0 Å². The number of nitrogens with zero attached hydrogens (tertiary/aromatic N) is 1. The van der Waals surface area contributed by atoms with E-state index in [0.717, 1.165) is 11.1 Å². The zero-order valence-electron chi connectivity index (χ0n) is 12.9. The molecule has 6 heteroatoms. The van der Waals surface area contributed by atoms with E-state index in [4.69, 9.17) is 28.6 Å². The lowest BCUT2D eigenvalue weighted by atomic mass is 10.1. The Kier molecular flexibility index (Phi) is 5.23. The van der Waals surface area contributed by atoms with Crippen LogP contribution in [-0.4, -0.2) is 22.2 Å². The van der Waals surface area contributed by atoms with Crippen LogP contribution in [0.25, 0.3) is 6.08 Å². The number of amides is 1. The van der Waals surface area contributed by atoms with Gasteiger partial charge in [0.15, 0.2) is 0 Å². The molecular formula is C18H14ClNO2S2. The minimum absolute atomic E-state index is 0.101. The fraction of sp³-hybridized carbons (Fsp3) is 0.111. The van der Waals surface area contributed by atoms with Gasteiger partial charge in [0.05, 0.1) is 18.6 Å². The highest BCUT2D eigenvalue weighted by Gasteiger charge is 2.32. The number of hydrogen-bond acceptors (Lipinski definition) is 4. The SMILES string of the molecule is COc1ccc(Cl)cc1/C=C1\SC(=S)N(Cc2ccccc2)C1=O. The molecule has 1 aliphatic rings. The van der Waals surface area contributed by atoms with Gasteiger partial charge in [-0.1, -0.05) is 65.9 Å². The molecule has 1 fully saturated rings. The first kappa shape index (κ1) is 17.0. The van der Waals surface area contributed by atoms with Crippen LogP contribution in [0, 0.1) is 0 Å². The van der Waals surface area contributed by atoms with Gasteiger partial charge in [-0.25, -0.2) is 0 Å². The van der Waals surface area contributed by atoms with Crippen molar-refractivity contribution in [2.45, 2.75) is 6.54 Å². The first-order valence-corrected chi connectivity index (χ1v) is 8.81. The number of rotatable bonds is 4. The molecule has 0 unspecified atom stereocenters. The van der Waals surface area contributed by atoms with Crippen LogP contribution in [-0.2, 0) is 11.3 Å². The van der Waals surface area contributed by atoms with Crippen LogP contribution in [0.15, 0.2) is 53.4 Å². The van der Waals surface area contributed by atoms with Gasteiger partial charge < -0.3 is 4.74 Å². The summed E-state index contributed by atoms with van der Waals surface area (Å²) in [7, 11) is 1.58. The maximum absolute atomic E-state index is 12.7. The van der Waals surface area contributed by atoms with E-state index in [1.54, 1.807) is 36.3 Å². The van der Waals surface area contributed by atoms with E-state index in [9.17, 15) is 4.79 Å². The van der Waals surface area contributed by atoms with Crippen molar-refractivity contribution < 1.29 is 9.53 Å². The highest BCUT2D eigenvalue weighted by molar-refractivity contribution is 8.26. The van der Waals surface area contributed by atoms with Gasteiger partial charge in [0, 0.05) is 10.6 Å². The van der Waals surface area contributed by atoms with Crippen molar-refractivity contribution in [3.05, 3.63) is 69.6 Å². The van der Waals surface area contributed by atoms with Crippen molar-refractivity contribution in [3.8, 4) is 5.75 Å². The summed E-state index contributed by atoms with van der Waals surface area (Å²) >= 11 is 12.7. The topological polar surface area (TPSA) is 29.5 Å². The Morgan fingerprint density at radius 2 is 2.00 bits per heavy atom. The van der Waals surface area contributed by atoms with Gasteiger partial charge in [-0.15, -0.1) is 0 Å². The second kappa shape index (κ2) is 7.38. The number of carbonyl (C=O) groups excluding carboxylic acids is 1. The second-order valence-corrected chi connectivity index (χ2v) is 7.25. The molecule has 0 bridgehead atoms. The highest BCUT2D eigenvalue weighted by atomic mass is 35.5. The lowest BCUT2D eigenvalue weighted by molar-refractivity contribution is -0.122. The molecule has 2 aromatic carbocycles. The lowest BCUT2D eigenvalue weighted by Crippen LogP contribution is -2.27. The second-order valence-electron chi connectivity index (χ2n) is 5.14. The van der Waals surface area contributed by atoms with E-state index in [0.29, 0.717) is 26.5 Å². The lowest BCUT2D eigenvalue weighted by Gasteiger charge is -2.14.